The van der Waals surface area contributed by atoms with Crippen molar-refractivity contribution < 1.29 is 27.6 Å². The lowest BCUT2D eigenvalue weighted by molar-refractivity contribution is -0.146. The molecule has 200 valence electrons. The number of nitrogens with two attached hydrogens (primary N) is 1. The number of aliphatic hydroxyl groups is 1. The molecule has 0 aliphatic rings. The van der Waals surface area contributed by atoms with Gasteiger partial charge in [-0.3, -0.25) is 4.79 Å². The molecule has 10 nitrogen and oxygen atoms in total. The van der Waals surface area contributed by atoms with Crippen LogP contribution in [0.1, 0.15) is 27.3 Å². The molecule has 0 radical (unpaired) electrons. The highest BCUT2D eigenvalue weighted by atomic mass is 19.4. The molecule has 4 aromatic rings. The van der Waals surface area contributed by atoms with Crippen LogP contribution in [0.4, 0.5) is 30.6 Å². The van der Waals surface area contributed by atoms with Gasteiger partial charge in [-0.1, -0.05) is 35.5 Å². The van der Waals surface area contributed by atoms with Gasteiger partial charge in [-0.05, 0) is 42.7 Å². The van der Waals surface area contributed by atoms with E-state index in [0.29, 0.717) is 11.3 Å². The highest BCUT2D eigenvalue weighted by Crippen LogP contribution is 2.30. The van der Waals surface area contributed by atoms with Gasteiger partial charge in [-0.2, -0.15) is 23.1 Å². The number of aliphatic hydroxyl groups excluding tert-OH is 1. The van der Waals surface area contributed by atoms with Crippen molar-refractivity contribution in [1.82, 2.24) is 25.0 Å². The first-order chi connectivity index (χ1) is 18.0. The largest absolute Gasteiger partial charge is 0.455 e. The van der Waals surface area contributed by atoms with Gasteiger partial charge in [0.15, 0.2) is 0 Å². The Labute approximate surface area is 216 Å². The second-order valence-corrected chi connectivity index (χ2v) is 8.23. The van der Waals surface area contributed by atoms with E-state index in [1.54, 1.807) is 39.2 Å². The van der Waals surface area contributed by atoms with Crippen LogP contribution in [0.25, 0.3) is 11.5 Å². The molecule has 0 fully saturated rings. The molecule has 2 aromatic heterocycles. The summed E-state index contributed by atoms with van der Waals surface area (Å²) in [5, 5.41) is 14.3. The van der Waals surface area contributed by atoms with Crippen LogP contribution >= 0.6 is 0 Å². The summed E-state index contributed by atoms with van der Waals surface area (Å²) in [4.78, 5) is 24.8. The molecular weight excluding hydrogens is 503 g/mol. The van der Waals surface area contributed by atoms with E-state index in [-0.39, 0.29) is 29.8 Å². The van der Waals surface area contributed by atoms with E-state index >= 15 is 0 Å². The number of carbonyl (C=O) groups is 1. The van der Waals surface area contributed by atoms with Crippen molar-refractivity contribution in [2.45, 2.75) is 19.5 Å². The number of halogens is 3. The summed E-state index contributed by atoms with van der Waals surface area (Å²) in [6.45, 7) is 2.03. The fraction of sp³-hybridized carbons (Fsp3) is 0.240. The highest BCUT2D eigenvalue weighted by molar-refractivity contribution is 5.95. The molecule has 0 bridgehead atoms. The van der Waals surface area contributed by atoms with Gasteiger partial charge in [0.1, 0.15) is 11.4 Å². The van der Waals surface area contributed by atoms with Gasteiger partial charge in [0.25, 0.3) is 17.6 Å². The highest BCUT2D eigenvalue weighted by Gasteiger charge is 2.37. The summed E-state index contributed by atoms with van der Waals surface area (Å²) >= 11 is 0. The molecule has 1 amide bonds. The van der Waals surface area contributed by atoms with E-state index in [2.05, 4.69) is 29.9 Å². The number of hydrogen-bond acceptors (Lipinski definition) is 9. The maximum absolute atomic E-state index is 12.6. The molecule has 0 aliphatic carbocycles. The van der Waals surface area contributed by atoms with Crippen LogP contribution in [0.5, 0.6) is 0 Å². The van der Waals surface area contributed by atoms with Gasteiger partial charge in [-0.25, -0.2) is 4.98 Å². The Morgan fingerprint density at radius 1 is 1.13 bits per heavy atom. The number of anilines is 3. The predicted octanol–water partition coefficient (Wildman–Crippen LogP) is 4.10. The van der Waals surface area contributed by atoms with Crippen molar-refractivity contribution in [3.63, 3.8) is 0 Å². The second kappa shape index (κ2) is 12.1. The topological polar surface area (TPSA) is 143 Å². The Hall–Kier alpha value is -4.52. The van der Waals surface area contributed by atoms with Gasteiger partial charge in [0.2, 0.25) is 5.95 Å². The van der Waals surface area contributed by atoms with E-state index in [9.17, 15) is 18.0 Å². The zero-order valence-electron chi connectivity index (χ0n) is 20.8. The summed E-state index contributed by atoms with van der Waals surface area (Å²) in [6.07, 6.45) is -2.80. The first-order valence-corrected chi connectivity index (χ1v) is 11.3. The predicted molar refractivity (Wildman–Crippen MR) is 134 cm³/mol. The number of benzene rings is 2. The molecule has 4 rings (SSSR count). The molecule has 0 saturated heterocycles. The summed E-state index contributed by atoms with van der Waals surface area (Å²) in [5.74, 6) is -2.03. The minimum atomic E-state index is -4.74. The van der Waals surface area contributed by atoms with Gasteiger partial charge in [0.05, 0.1) is 0 Å². The van der Waals surface area contributed by atoms with Crippen LogP contribution in [0, 0.1) is 6.92 Å². The van der Waals surface area contributed by atoms with Crippen LogP contribution in [0.2, 0.25) is 0 Å². The van der Waals surface area contributed by atoms with Crippen LogP contribution in [-0.2, 0) is 12.6 Å². The fourth-order valence-electron chi connectivity index (χ4n) is 3.19. The third kappa shape index (κ3) is 7.26. The van der Waals surface area contributed by atoms with Crippen molar-refractivity contribution >= 4 is 23.4 Å². The standard InChI is InChI=1S/C17H16F3N7O2.C8H10O/c1-8-6-9(4-5-10(8)14(28)27(2)3)23-16-22-7-11(12(21)24-16)13-25-15(26-29-13)17(18,19)20;9-7-6-8-4-2-1-3-5-8/h4-7H,1-3H3,(H3,21,22,23,24);1-5,9H,6-7H2. The van der Waals surface area contributed by atoms with Crippen LogP contribution in [0.3, 0.4) is 0 Å². The zero-order valence-corrected chi connectivity index (χ0v) is 20.8. The second-order valence-electron chi connectivity index (χ2n) is 8.23. The Kier molecular flexibility index (Phi) is 8.97. The Morgan fingerprint density at radius 3 is 2.39 bits per heavy atom. The van der Waals surface area contributed by atoms with Crippen LogP contribution in [-0.4, -0.2) is 56.7 Å². The average Bonchev–Trinajstić information content (AvgIpc) is 3.36. The van der Waals surface area contributed by atoms with Gasteiger partial charge in [-0.15, -0.1) is 0 Å². The summed E-state index contributed by atoms with van der Waals surface area (Å²) in [5.41, 5.74) is 8.86. The van der Waals surface area contributed by atoms with Crippen molar-refractivity contribution in [1.29, 1.82) is 0 Å². The number of rotatable bonds is 6. The number of aryl methyl sites for hydroxylation is 1. The van der Waals surface area contributed by atoms with E-state index < -0.39 is 17.9 Å². The first-order valence-electron chi connectivity index (χ1n) is 11.3. The number of nitrogens with one attached hydrogen (secondary N) is 1. The smallest absolute Gasteiger partial charge is 0.396 e. The number of amides is 1. The first kappa shape index (κ1) is 28.1. The van der Waals surface area contributed by atoms with E-state index in [4.69, 9.17) is 10.8 Å². The van der Waals surface area contributed by atoms with Crippen molar-refractivity contribution in [3.8, 4) is 11.5 Å². The van der Waals surface area contributed by atoms with Crippen LogP contribution < -0.4 is 11.1 Å². The molecule has 4 N–H and O–H groups in total. The third-order valence-electron chi connectivity index (χ3n) is 5.09. The Morgan fingerprint density at radius 2 is 1.84 bits per heavy atom. The van der Waals surface area contributed by atoms with Crippen molar-refractivity contribution in [2.24, 2.45) is 0 Å². The number of alkyl halides is 3. The molecule has 2 heterocycles. The number of nitrogen functional groups attached to an aromatic ring is 1. The molecule has 38 heavy (non-hydrogen) atoms. The van der Waals surface area contributed by atoms with Gasteiger partial charge >= 0.3 is 6.18 Å². The number of carbonyl (C=O) groups excluding carboxylic acids is 1. The maximum atomic E-state index is 12.6. The average molecular weight is 530 g/mol. The fourth-order valence-corrected chi connectivity index (χ4v) is 3.19. The van der Waals surface area contributed by atoms with Crippen molar-refractivity contribution in [3.05, 3.63) is 77.2 Å². The Balaban J connectivity index is 0.000000375. The molecule has 0 unspecified atom stereocenters. The molecular formula is C25H26F3N7O3. The van der Waals surface area contributed by atoms with Crippen LogP contribution in [0.15, 0.2) is 59.3 Å². The third-order valence-corrected chi connectivity index (χ3v) is 5.09. The van der Waals surface area contributed by atoms with E-state index in [0.717, 1.165) is 12.0 Å². The molecule has 0 aliphatic heterocycles. The normalized spacial score (nSPS) is 10.9. The molecule has 0 atom stereocenters. The van der Waals surface area contributed by atoms with E-state index in [1.807, 2.05) is 30.3 Å². The minimum absolute atomic E-state index is 0.0262. The molecule has 13 heteroatoms. The summed E-state index contributed by atoms with van der Waals surface area (Å²) < 4.78 is 42.4. The number of hydrogen-bond donors (Lipinski definition) is 3. The lowest BCUT2D eigenvalue weighted by atomic mass is 10.1. The lowest BCUT2D eigenvalue weighted by Gasteiger charge is -2.14. The van der Waals surface area contributed by atoms with Gasteiger partial charge < -0.3 is 25.6 Å². The molecule has 2 aromatic carbocycles. The number of aromatic nitrogens is 4. The van der Waals surface area contributed by atoms with Crippen molar-refractivity contribution in [2.75, 3.05) is 31.8 Å². The summed E-state index contributed by atoms with van der Waals surface area (Å²) in [7, 11) is 3.32. The molecule has 0 saturated carbocycles. The van der Waals surface area contributed by atoms with Gasteiger partial charge in [0, 0.05) is 38.1 Å². The number of nitrogens with zero attached hydrogens (tertiary/aromatic N) is 5. The monoisotopic (exact) mass is 529 g/mol. The molecule has 0 spiro atoms. The maximum Gasteiger partial charge on any atom is 0.455 e. The summed E-state index contributed by atoms with van der Waals surface area (Å²) in [6, 6.07) is 15.0. The van der Waals surface area contributed by atoms with E-state index in [1.165, 1.54) is 16.7 Å². The Bertz CT molecular complexity index is 1380. The quantitative estimate of drug-likeness (QED) is 0.336. The SMILES string of the molecule is Cc1cc(Nc2ncc(-c3nc(C(F)(F)F)no3)c(N)n2)ccc1C(=O)N(C)C.OCCc1ccccc1. The lowest BCUT2D eigenvalue weighted by Crippen LogP contribution is -2.22. The zero-order chi connectivity index (χ0) is 27.9. The minimum Gasteiger partial charge on any atom is -0.396 e.